The van der Waals surface area contributed by atoms with Crippen LogP contribution in [0.5, 0.6) is 0 Å². The standard InChI is InChI=1S/C18H15BrClN5O3/c19-14-10-6-28-11(1-2-21)12(10)13-16(15(14)20)22-7-23-17(13)24-4-9-3-8(24)5-25(9)18(26)27/h7-9,11H,1,3-6H2,(H,26,27)/t8-,9-,11?/m1/s1. The van der Waals surface area contributed by atoms with Gasteiger partial charge in [0.05, 0.1) is 53.2 Å². The van der Waals surface area contributed by atoms with Gasteiger partial charge in [-0.3, -0.25) is 0 Å². The van der Waals surface area contributed by atoms with E-state index in [-0.39, 0.29) is 24.6 Å². The van der Waals surface area contributed by atoms with Crippen molar-refractivity contribution in [2.24, 2.45) is 0 Å². The van der Waals surface area contributed by atoms with E-state index in [0.717, 1.165) is 33.2 Å². The highest BCUT2D eigenvalue weighted by molar-refractivity contribution is 9.10. The van der Waals surface area contributed by atoms with Crippen molar-refractivity contribution >= 4 is 50.3 Å². The summed E-state index contributed by atoms with van der Waals surface area (Å²) in [6.45, 7) is 1.40. The molecule has 1 amide bonds. The van der Waals surface area contributed by atoms with Crippen molar-refractivity contribution in [3.05, 3.63) is 26.9 Å². The molecule has 1 aromatic carbocycles. The summed E-state index contributed by atoms with van der Waals surface area (Å²) in [6, 6.07) is 2.20. The first-order valence-electron chi connectivity index (χ1n) is 8.90. The second-order valence-electron chi connectivity index (χ2n) is 7.23. The average Bonchev–Trinajstić information content (AvgIpc) is 3.40. The second-order valence-corrected chi connectivity index (χ2v) is 8.40. The van der Waals surface area contributed by atoms with Gasteiger partial charge in [0.25, 0.3) is 0 Å². The number of benzene rings is 1. The van der Waals surface area contributed by atoms with E-state index in [4.69, 9.17) is 16.3 Å². The molecular weight excluding hydrogens is 450 g/mol. The fourth-order valence-electron chi connectivity index (χ4n) is 4.68. The molecule has 8 nitrogen and oxygen atoms in total. The van der Waals surface area contributed by atoms with Crippen LogP contribution in [-0.2, 0) is 11.3 Å². The van der Waals surface area contributed by atoms with Crippen molar-refractivity contribution in [2.45, 2.75) is 37.6 Å². The minimum absolute atomic E-state index is 0.0439. The monoisotopic (exact) mass is 463 g/mol. The Labute approximate surface area is 173 Å². The Balaban J connectivity index is 1.68. The van der Waals surface area contributed by atoms with Gasteiger partial charge in [-0.15, -0.1) is 0 Å². The fourth-order valence-corrected chi connectivity index (χ4v) is 5.46. The van der Waals surface area contributed by atoms with Crippen LogP contribution < -0.4 is 4.90 Å². The van der Waals surface area contributed by atoms with E-state index in [1.165, 1.54) is 11.2 Å². The third kappa shape index (κ3) is 2.41. The lowest BCUT2D eigenvalue weighted by molar-refractivity contribution is 0.0700. The first-order valence-corrected chi connectivity index (χ1v) is 10.1. The van der Waals surface area contributed by atoms with E-state index < -0.39 is 6.09 Å². The number of carboxylic acid groups (broad SMARTS) is 1. The zero-order chi connectivity index (χ0) is 19.6. The van der Waals surface area contributed by atoms with E-state index in [0.29, 0.717) is 30.2 Å². The minimum Gasteiger partial charge on any atom is -0.465 e. The lowest BCUT2D eigenvalue weighted by Crippen LogP contribution is -2.48. The number of nitriles is 1. The molecule has 2 saturated heterocycles. The van der Waals surface area contributed by atoms with Gasteiger partial charge in [-0.25, -0.2) is 14.8 Å². The molecule has 0 aliphatic carbocycles. The number of fused-ring (bicyclic) bond motifs is 5. The number of piperazine rings is 1. The molecule has 28 heavy (non-hydrogen) atoms. The Morgan fingerprint density at radius 1 is 1.43 bits per heavy atom. The average molecular weight is 465 g/mol. The zero-order valence-corrected chi connectivity index (χ0v) is 16.9. The zero-order valence-electron chi connectivity index (χ0n) is 14.6. The van der Waals surface area contributed by atoms with Crippen LogP contribution in [0.25, 0.3) is 10.9 Å². The van der Waals surface area contributed by atoms with Gasteiger partial charge in [0, 0.05) is 28.7 Å². The number of amides is 1. The van der Waals surface area contributed by atoms with Gasteiger partial charge in [0.15, 0.2) is 0 Å². The number of likely N-dealkylation sites (tertiary alicyclic amines) is 1. The van der Waals surface area contributed by atoms with E-state index in [9.17, 15) is 15.2 Å². The highest BCUT2D eigenvalue weighted by atomic mass is 79.9. The normalized spacial score (nSPS) is 25.4. The van der Waals surface area contributed by atoms with Crippen molar-refractivity contribution in [2.75, 3.05) is 18.0 Å². The van der Waals surface area contributed by atoms with Gasteiger partial charge >= 0.3 is 6.09 Å². The Morgan fingerprint density at radius 3 is 2.93 bits per heavy atom. The van der Waals surface area contributed by atoms with Crippen LogP contribution in [0.4, 0.5) is 10.6 Å². The van der Waals surface area contributed by atoms with Gasteiger partial charge in [-0.05, 0) is 22.4 Å². The molecule has 1 N–H and O–H groups in total. The Morgan fingerprint density at radius 2 is 2.25 bits per heavy atom. The van der Waals surface area contributed by atoms with Crippen molar-refractivity contribution in [3.8, 4) is 6.07 Å². The summed E-state index contributed by atoms with van der Waals surface area (Å²) in [5.41, 5.74) is 2.44. The van der Waals surface area contributed by atoms with Gasteiger partial charge in [-0.1, -0.05) is 11.6 Å². The molecule has 2 bridgehead atoms. The maximum absolute atomic E-state index is 11.4. The van der Waals surface area contributed by atoms with Gasteiger partial charge in [-0.2, -0.15) is 5.26 Å². The summed E-state index contributed by atoms with van der Waals surface area (Å²) in [4.78, 5) is 24.0. The van der Waals surface area contributed by atoms with Crippen molar-refractivity contribution in [1.82, 2.24) is 14.9 Å². The number of hydrogen-bond donors (Lipinski definition) is 1. The third-order valence-corrected chi connectivity index (χ3v) is 7.34. The summed E-state index contributed by atoms with van der Waals surface area (Å²) in [7, 11) is 0. The van der Waals surface area contributed by atoms with Crippen molar-refractivity contribution in [3.63, 3.8) is 0 Å². The molecule has 2 fully saturated rings. The second kappa shape index (κ2) is 6.44. The quantitative estimate of drug-likeness (QED) is 0.726. The molecule has 4 heterocycles. The molecule has 0 spiro atoms. The molecule has 1 aromatic heterocycles. The summed E-state index contributed by atoms with van der Waals surface area (Å²) in [5.74, 6) is 0.738. The number of aromatic nitrogens is 2. The van der Waals surface area contributed by atoms with Crippen LogP contribution in [0.2, 0.25) is 5.02 Å². The number of nitrogens with zero attached hydrogens (tertiary/aromatic N) is 5. The van der Waals surface area contributed by atoms with E-state index in [1.54, 1.807) is 0 Å². The van der Waals surface area contributed by atoms with Crippen LogP contribution in [0.1, 0.15) is 30.1 Å². The van der Waals surface area contributed by atoms with Crippen LogP contribution >= 0.6 is 27.5 Å². The van der Waals surface area contributed by atoms with Gasteiger partial charge in [0.2, 0.25) is 0 Å². The summed E-state index contributed by atoms with van der Waals surface area (Å²) >= 11 is 10.1. The topological polar surface area (TPSA) is 103 Å². The molecular formula is C18H15BrClN5O3. The van der Waals surface area contributed by atoms with Crippen LogP contribution in [0.3, 0.4) is 0 Å². The summed E-state index contributed by atoms with van der Waals surface area (Å²) < 4.78 is 6.60. The minimum atomic E-state index is -0.880. The Bertz CT molecular complexity index is 1060. The lowest BCUT2D eigenvalue weighted by Gasteiger charge is -2.34. The largest absolute Gasteiger partial charge is 0.465 e. The number of halogens is 2. The number of carbonyl (C=O) groups is 1. The molecule has 0 radical (unpaired) electrons. The van der Waals surface area contributed by atoms with Gasteiger partial charge in [0.1, 0.15) is 12.1 Å². The molecule has 3 aliphatic rings. The highest BCUT2D eigenvalue weighted by Crippen LogP contribution is 2.48. The lowest BCUT2D eigenvalue weighted by atomic mass is 9.97. The first kappa shape index (κ1) is 17.9. The van der Waals surface area contributed by atoms with Crippen molar-refractivity contribution in [1.29, 1.82) is 5.26 Å². The number of ether oxygens (including phenoxy) is 1. The van der Waals surface area contributed by atoms with Gasteiger partial charge < -0.3 is 19.6 Å². The van der Waals surface area contributed by atoms with Crippen LogP contribution in [0, 0.1) is 11.3 Å². The predicted octanol–water partition coefficient (Wildman–Crippen LogP) is 3.47. The Kier molecular flexibility index (Phi) is 4.12. The maximum atomic E-state index is 11.4. The van der Waals surface area contributed by atoms with E-state index in [2.05, 4.69) is 36.9 Å². The first-order chi connectivity index (χ1) is 13.5. The molecule has 3 aliphatic heterocycles. The predicted molar refractivity (Wildman–Crippen MR) is 104 cm³/mol. The molecule has 144 valence electrons. The number of rotatable bonds is 2. The van der Waals surface area contributed by atoms with Crippen LogP contribution in [-0.4, -0.2) is 51.2 Å². The fraction of sp³-hybridized carbons (Fsp3) is 0.444. The van der Waals surface area contributed by atoms with E-state index in [1.807, 2.05) is 0 Å². The highest BCUT2D eigenvalue weighted by Gasteiger charge is 2.47. The smallest absolute Gasteiger partial charge is 0.407 e. The molecule has 10 heteroatoms. The Hall–Kier alpha value is -2.15. The van der Waals surface area contributed by atoms with Crippen LogP contribution in [0.15, 0.2) is 10.8 Å². The maximum Gasteiger partial charge on any atom is 0.407 e. The molecule has 2 aromatic rings. The van der Waals surface area contributed by atoms with Crippen molar-refractivity contribution < 1.29 is 14.6 Å². The molecule has 5 rings (SSSR count). The molecule has 1 unspecified atom stereocenters. The number of hydrogen-bond acceptors (Lipinski definition) is 6. The SMILES string of the molecule is N#CCC1OCc2c(Br)c(Cl)c3ncnc(N4C[C@H]5C[C@@H]4CN5C(=O)O)c3c21. The molecule has 3 atom stereocenters. The van der Waals surface area contributed by atoms with E-state index >= 15 is 0 Å². The summed E-state index contributed by atoms with van der Waals surface area (Å²) in [5, 5.41) is 19.9. The third-order valence-electron chi connectivity index (χ3n) is 5.87. The molecule has 0 saturated carbocycles. The number of anilines is 1. The summed E-state index contributed by atoms with van der Waals surface area (Å²) in [6.07, 6.45) is 1.25.